The first kappa shape index (κ1) is 52.4. The molecule has 0 radical (unpaired) electrons. The lowest BCUT2D eigenvalue weighted by Crippen LogP contribution is -2.30. The van der Waals surface area contributed by atoms with Crippen molar-refractivity contribution in [1.82, 2.24) is 0 Å². The Hall–Kier alpha value is -1.59. The second-order valence-electron chi connectivity index (χ2n) is 16.9. The number of hydrogen-bond acceptors (Lipinski definition) is 6. The summed E-state index contributed by atoms with van der Waals surface area (Å²) in [6.45, 7) is 8.97. The summed E-state index contributed by atoms with van der Waals surface area (Å²) in [5, 5.41) is 0. The number of unbranched alkanes of at least 4 members (excludes halogenated alkanes) is 30. The molecule has 0 heterocycles. The van der Waals surface area contributed by atoms with Crippen LogP contribution in [0, 0.1) is 5.92 Å². The summed E-state index contributed by atoms with van der Waals surface area (Å²) in [6, 6.07) is 0. The molecule has 0 aromatic carbocycles. The topological polar surface area (TPSA) is 78.9 Å². The highest BCUT2D eigenvalue weighted by Crippen LogP contribution is 2.16. The van der Waals surface area contributed by atoms with Crippen molar-refractivity contribution in [2.24, 2.45) is 5.92 Å². The highest BCUT2D eigenvalue weighted by molar-refractivity contribution is 5.71. The SMILES string of the molecule is CCCCCCCCCCCCCCCCC(=O)OC[C@@H](COC(=O)CCCCCCCCCCCCC)OC(=O)CCCCCCCCCCC(C)C. The van der Waals surface area contributed by atoms with Gasteiger partial charge in [0.2, 0.25) is 0 Å². The lowest BCUT2D eigenvalue weighted by Gasteiger charge is -2.18. The summed E-state index contributed by atoms with van der Waals surface area (Å²) in [4.78, 5) is 37.7. The fourth-order valence-electron chi connectivity index (χ4n) is 7.16. The second kappa shape index (κ2) is 42.6. The van der Waals surface area contributed by atoms with Crippen LogP contribution in [0.15, 0.2) is 0 Å². The monoisotopic (exact) mass is 765 g/mol. The number of carbonyl (C=O) groups excluding carboxylic acids is 3. The predicted molar refractivity (Wildman–Crippen MR) is 229 cm³/mol. The molecule has 320 valence electrons. The number of rotatable bonds is 43. The third kappa shape index (κ3) is 41.6. The molecule has 0 rings (SSSR count). The quantitative estimate of drug-likeness (QED) is 0.0349. The van der Waals surface area contributed by atoms with Crippen molar-refractivity contribution in [3.05, 3.63) is 0 Å². The van der Waals surface area contributed by atoms with Crippen molar-refractivity contribution in [3.63, 3.8) is 0 Å². The molecule has 0 fully saturated rings. The van der Waals surface area contributed by atoms with Crippen LogP contribution in [0.25, 0.3) is 0 Å². The zero-order valence-corrected chi connectivity index (χ0v) is 36.7. The second-order valence-corrected chi connectivity index (χ2v) is 16.9. The molecule has 6 nitrogen and oxygen atoms in total. The molecule has 6 heteroatoms. The lowest BCUT2D eigenvalue weighted by molar-refractivity contribution is -0.167. The Bertz CT molecular complexity index is 811. The van der Waals surface area contributed by atoms with Crippen molar-refractivity contribution >= 4 is 17.9 Å². The van der Waals surface area contributed by atoms with E-state index in [1.165, 1.54) is 161 Å². The van der Waals surface area contributed by atoms with Crippen LogP contribution in [0.4, 0.5) is 0 Å². The highest BCUT2D eigenvalue weighted by atomic mass is 16.6. The molecular formula is C48H92O6. The van der Waals surface area contributed by atoms with Crippen LogP contribution in [0.1, 0.15) is 265 Å². The molecule has 0 aliphatic rings. The molecule has 0 aromatic heterocycles. The summed E-state index contributed by atoms with van der Waals surface area (Å²) in [6.07, 6.45) is 42.3. The highest BCUT2D eigenvalue weighted by Gasteiger charge is 2.19. The van der Waals surface area contributed by atoms with Crippen LogP contribution >= 0.6 is 0 Å². The number of esters is 3. The Kier molecular flexibility index (Phi) is 41.3. The molecule has 54 heavy (non-hydrogen) atoms. The van der Waals surface area contributed by atoms with E-state index in [0.717, 1.165) is 63.7 Å². The van der Waals surface area contributed by atoms with Crippen LogP contribution in [-0.4, -0.2) is 37.2 Å². The zero-order chi connectivity index (χ0) is 39.6. The van der Waals surface area contributed by atoms with Gasteiger partial charge in [0.1, 0.15) is 13.2 Å². The molecular weight excluding hydrogens is 673 g/mol. The standard InChI is InChI=1S/C48H92O6/c1-5-7-9-11-13-15-17-18-19-21-23-28-32-36-40-47(50)53-43-45(54-48(51)41-37-33-29-25-24-26-30-34-38-44(3)4)42-52-46(49)39-35-31-27-22-20-16-14-12-10-8-6-2/h44-45H,5-43H2,1-4H3/t45-/m1/s1. The Balaban J connectivity index is 4.31. The van der Waals surface area contributed by atoms with E-state index in [9.17, 15) is 14.4 Å². The van der Waals surface area contributed by atoms with Gasteiger partial charge in [0.05, 0.1) is 0 Å². The third-order valence-electron chi connectivity index (χ3n) is 10.8. The van der Waals surface area contributed by atoms with Crippen LogP contribution in [-0.2, 0) is 28.6 Å². The maximum Gasteiger partial charge on any atom is 0.306 e. The minimum atomic E-state index is -0.759. The van der Waals surface area contributed by atoms with Gasteiger partial charge in [0.15, 0.2) is 6.10 Å². The molecule has 0 N–H and O–H groups in total. The van der Waals surface area contributed by atoms with Crippen molar-refractivity contribution in [3.8, 4) is 0 Å². The van der Waals surface area contributed by atoms with Gasteiger partial charge in [-0.25, -0.2) is 0 Å². The molecule has 0 saturated heterocycles. The van der Waals surface area contributed by atoms with Gasteiger partial charge in [0.25, 0.3) is 0 Å². The fourth-order valence-corrected chi connectivity index (χ4v) is 7.16. The molecule has 0 unspecified atom stereocenters. The van der Waals surface area contributed by atoms with E-state index in [1.807, 2.05) is 0 Å². The zero-order valence-electron chi connectivity index (χ0n) is 36.7. The molecule has 0 amide bonds. The van der Waals surface area contributed by atoms with Gasteiger partial charge in [-0.3, -0.25) is 14.4 Å². The van der Waals surface area contributed by atoms with Crippen molar-refractivity contribution < 1.29 is 28.6 Å². The van der Waals surface area contributed by atoms with Gasteiger partial charge in [0, 0.05) is 19.3 Å². The van der Waals surface area contributed by atoms with Crippen LogP contribution in [0.5, 0.6) is 0 Å². The summed E-state index contributed by atoms with van der Waals surface area (Å²) < 4.78 is 16.7. The van der Waals surface area contributed by atoms with Gasteiger partial charge in [-0.1, -0.05) is 227 Å². The first-order valence-corrected chi connectivity index (χ1v) is 23.9. The summed E-state index contributed by atoms with van der Waals surface area (Å²) in [5.41, 5.74) is 0. The summed E-state index contributed by atoms with van der Waals surface area (Å²) >= 11 is 0. The minimum Gasteiger partial charge on any atom is -0.462 e. The first-order chi connectivity index (χ1) is 26.4. The number of carbonyl (C=O) groups is 3. The molecule has 0 aliphatic heterocycles. The van der Waals surface area contributed by atoms with Crippen molar-refractivity contribution in [1.29, 1.82) is 0 Å². The van der Waals surface area contributed by atoms with E-state index in [4.69, 9.17) is 14.2 Å². The van der Waals surface area contributed by atoms with E-state index in [2.05, 4.69) is 27.7 Å². The molecule has 0 bridgehead atoms. The Morgan fingerprint density at radius 3 is 0.907 bits per heavy atom. The maximum absolute atomic E-state index is 12.7. The number of hydrogen-bond donors (Lipinski definition) is 0. The van der Waals surface area contributed by atoms with Gasteiger partial charge >= 0.3 is 17.9 Å². The van der Waals surface area contributed by atoms with E-state index in [-0.39, 0.29) is 31.1 Å². The molecule has 0 aliphatic carbocycles. The van der Waals surface area contributed by atoms with Gasteiger partial charge in [-0.15, -0.1) is 0 Å². The molecule has 0 saturated carbocycles. The van der Waals surface area contributed by atoms with Gasteiger partial charge in [-0.05, 0) is 25.2 Å². The largest absolute Gasteiger partial charge is 0.462 e. The maximum atomic E-state index is 12.7. The molecule has 0 spiro atoms. The van der Waals surface area contributed by atoms with Crippen molar-refractivity contribution in [2.75, 3.05) is 13.2 Å². The average Bonchev–Trinajstić information content (AvgIpc) is 3.15. The van der Waals surface area contributed by atoms with E-state index >= 15 is 0 Å². The predicted octanol–water partition coefficient (Wildman–Crippen LogP) is 15.1. The average molecular weight is 765 g/mol. The van der Waals surface area contributed by atoms with Gasteiger partial charge in [-0.2, -0.15) is 0 Å². The van der Waals surface area contributed by atoms with E-state index in [1.54, 1.807) is 0 Å². The van der Waals surface area contributed by atoms with Crippen molar-refractivity contribution in [2.45, 2.75) is 271 Å². The fraction of sp³-hybridized carbons (Fsp3) is 0.938. The van der Waals surface area contributed by atoms with E-state index in [0.29, 0.717) is 19.3 Å². The molecule has 1 atom stereocenters. The summed E-state index contributed by atoms with van der Waals surface area (Å²) in [7, 11) is 0. The Labute approximate surface area is 336 Å². The lowest BCUT2D eigenvalue weighted by atomic mass is 10.0. The first-order valence-electron chi connectivity index (χ1n) is 23.9. The molecule has 0 aromatic rings. The van der Waals surface area contributed by atoms with Gasteiger partial charge < -0.3 is 14.2 Å². The van der Waals surface area contributed by atoms with Crippen LogP contribution in [0.2, 0.25) is 0 Å². The Morgan fingerprint density at radius 2 is 0.611 bits per heavy atom. The normalized spacial score (nSPS) is 11.9. The van der Waals surface area contributed by atoms with Crippen LogP contribution < -0.4 is 0 Å². The minimum absolute atomic E-state index is 0.0638. The van der Waals surface area contributed by atoms with E-state index < -0.39 is 6.10 Å². The number of ether oxygens (including phenoxy) is 3. The third-order valence-corrected chi connectivity index (χ3v) is 10.8. The smallest absolute Gasteiger partial charge is 0.306 e. The van der Waals surface area contributed by atoms with Crippen LogP contribution in [0.3, 0.4) is 0 Å². The Morgan fingerprint density at radius 1 is 0.352 bits per heavy atom. The summed E-state index contributed by atoms with van der Waals surface area (Å²) in [5.74, 6) is -0.0593.